The maximum Gasteiger partial charge on any atom is 0.514 e. The lowest BCUT2D eigenvalue weighted by atomic mass is 10.6. The minimum absolute atomic E-state index is 0.422. The van der Waals surface area contributed by atoms with Gasteiger partial charge in [0.15, 0.2) is 10.1 Å². The molecule has 0 atom stereocenters. The summed E-state index contributed by atoms with van der Waals surface area (Å²) >= 11 is 6.65. The van der Waals surface area contributed by atoms with Gasteiger partial charge in [-0.2, -0.15) is 0 Å². The molecular weight excluding hydrogens is 228 g/mol. The summed E-state index contributed by atoms with van der Waals surface area (Å²) in [5.74, 6) is 0.422. The Hall–Kier alpha value is -0.940. The van der Waals surface area contributed by atoms with Crippen molar-refractivity contribution < 1.29 is 19.0 Å². The maximum atomic E-state index is 10.7. The Morgan fingerprint density at radius 1 is 1.50 bits per heavy atom. The molecule has 6 heteroatoms. The molecular formula is C8H9ClO4S. The van der Waals surface area contributed by atoms with Crippen molar-refractivity contribution in [3.05, 3.63) is 12.1 Å². The summed E-state index contributed by atoms with van der Waals surface area (Å²) in [6.07, 6.45) is -0.740. The molecule has 0 aromatic carbocycles. The van der Waals surface area contributed by atoms with Gasteiger partial charge in [0, 0.05) is 0 Å². The summed E-state index contributed by atoms with van der Waals surface area (Å²) in [4.78, 5) is 10.7. The van der Waals surface area contributed by atoms with Gasteiger partial charge in [0.25, 0.3) is 0 Å². The van der Waals surface area contributed by atoms with E-state index in [2.05, 4.69) is 4.74 Å². The number of carbonyl (C=O) groups excluding carboxylic acids is 1. The van der Waals surface area contributed by atoms with E-state index in [0.29, 0.717) is 22.6 Å². The Labute approximate surface area is 90.3 Å². The van der Waals surface area contributed by atoms with Crippen LogP contribution in [0.2, 0.25) is 0 Å². The lowest BCUT2D eigenvalue weighted by Crippen LogP contribution is -2.05. The first kappa shape index (κ1) is 11.1. The molecule has 1 aromatic rings. The van der Waals surface area contributed by atoms with Crippen LogP contribution in [0.25, 0.3) is 0 Å². The van der Waals surface area contributed by atoms with E-state index in [4.69, 9.17) is 21.1 Å². The van der Waals surface area contributed by atoms with Gasteiger partial charge >= 0.3 is 6.16 Å². The third kappa shape index (κ3) is 3.43. The highest BCUT2D eigenvalue weighted by Crippen LogP contribution is 2.31. The first-order chi connectivity index (χ1) is 6.76. The molecule has 0 aliphatic heterocycles. The second-order valence-corrected chi connectivity index (χ2v) is 3.55. The van der Waals surface area contributed by atoms with Crippen molar-refractivity contribution in [2.24, 2.45) is 0 Å². The van der Waals surface area contributed by atoms with E-state index in [0.717, 1.165) is 0 Å². The summed E-state index contributed by atoms with van der Waals surface area (Å²) in [7, 11) is 1.25. The van der Waals surface area contributed by atoms with E-state index in [9.17, 15) is 4.79 Å². The van der Waals surface area contributed by atoms with Gasteiger partial charge in [0.2, 0.25) is 0 Å². The van der Waals surface area contributed by atoms with Crippen molar-refractivity contribution in [2.45, 2.75) is 0 Å². The molecule has 0 unspecified atom stereocenters. The van der Waals surface area contributed by atoms with Crippen molar-refractivity contribution in [3.63, 3.8) is 0 Å². The number of hydrogen-bond acceptors (Lipinski definition) is 5. The van der Waals surface area contributed by atoms with Crippen LogP contribution in [0, 0.1) is 0 Å². The molecule has 0 aliphatic carbocycles. The van der Waals surface area contributed by atoms with Crippen molar-refractivity contribution in [3.8, 4) is 10.1 Å². The SMILES string of the molecule is COC(=O)Oc1ccc(OCCCl)s1. The number of carbonyl (C=O) groups is 1. The van der Waals surface area contributed by atoms with E-state index < -0.39 is 6.16 Å². The van der Waals surface area contributed by atoms with Crippen LogP contribution in [0.15, 0.2) is 12.1 Å². The highest BCUT2D eigenvalue weighted by atomic mass is 35.5. The highest BCUT2D eigenvalue weighted by molar-refractivity contribution is 7.15. The van der Waals surface area contributed by atoms with Gasteiger partial charge in [0.05, 0.1) is 13.0 Å². The fourth-order valence-electron chi connectivity index (χ4n) is 0.699. The predicted octanol–water partition coefficient (Wildman–Crippen LogP) is 2.51. The van der Waals surface area contributed by atoms with Gasteiger partial charge < -0.3 is 14.2 Å². The Balaban J connectivity index is 2.46. The van der Waals surface area contributed by atoms with Gasteiger partial charge in [-0.25, -0.2) is 4.79 Å². The summed E-state index contributed by atoms with van der Waals surface area (Å²) in [6.45, 7) is 0.430. The van der Waals surface area contributed by atoms with E-state index >= 15 is 0 Å². The molecule has 1 heterocycles. The zero-order chi connectivity index (χ0) is 10.4. The Morgan fingerprint density at radius 3 is 2.86 bits per heavy atom. The Morgan fingerprint density at radius 2 is 2.21 bits per heavy atom. The van der Waals surface area contributed by atoms with Crippen LogP contribution in [0.3, 0.4) is 0 Å². The Kier molecular flexibility index (Phi) is 4.55. The van der Waals surface area contributed by atoms with Gasteiger partial charge in [-0.3, -0.25) is 0 Å². The molecule has 0 aliphatic rings. The van der Waals surface area contributed by atoms with E-state index in [-0.39, 0.29) is 0 Å². The maximum absolute atomic E-state index is 10.7. The number of halogens is 1. The normalized spacial score (nSPS) is 9.57. The lowest BCUT2D eigenvalue weighted by molar-refractivity contribution is 0.123. The van der Waals surface area contributed by atoms with E-state index in [1.807, 2.05) is 0 Å². The number of hydrogen-bond donors (Lipinski definition) is 0. The first-order valence-electron chi connectivity index (χ1n) is 3.80. The molecule has 0 spiro atoms. The van der Waals surface area contributed by atoms with Gasteiger partial charge in [-0.05, 0) is 12.1 Å². The predicted molar refractivity (Wildman–Crippen MR) is 53.6 cm³/mol. The molecule has 4 nitrogen and oxygen atoms in total. The van der Waals surface area contributed by atoms with Crippen molar-refractivity contribution in [1.82, 2.24) is 0 Å². The number of ether oxygens (including phenoxy) is 3. The van der Waals surface area contributed by atoms with Crippen LogP contribution in [-0.2, 0) is 4.74 Å². The third-order valence-corrected chi connectivity index (χ3v) is 2.26. The molecule has 1 rings (SSSR count). The second-order valence-electron chi connectivity index (χ2n) is 2.17. The Bertz CT molecular complexity index is 299. The number of thiophene rings is 1. The molecule has 1 aromatic heterocycles. The van der Waals surface area contributed by atoms with Crippen LogP contribution in [0.5, 0.6) is 10.1 Å². The number of alkyl halides is 1. The van der Waals surface area contributed by atoms with Gasteiger partial charge in [-0.15, -0.1) is 11.6 Å². The fraction of sp³-hybridized carbons (Fsp3) is 0.375. The van der Waals surface area contributed by atoms with Gasteiger partial charge in [0.1, 0.15) is 6.61 Å². The van der Waals surface area contributed by atoms with Crippen molar-refractivity contribution >= 4 is 29.1 Å². The summed E-state index contributed by atoms with van der Waals surface area (Å²) in [5.41, 5.74) is 0. The molecule has 0 fully saturated rings. The lowest BCUT2D eigenvalue weighted by Gasteiger charge is -1.98. The first-order valence-corrected chi connectivity index (χ1v) is 5.15. The quantitative estimate of drug-likeness (QED) is 0.595. The van der Waals surface area contributed by atoms with Crippen molar-refractivity contribution in [1.29, 1.82) is 0 Å². The molecule has 78 valence electrons. The monoisotopic (exact) mass is 236 g/mol. The van der Waals surface area contributed by atoms with E-state index in [1.165, 1.54) is 18.4 Å². The average molecular weight is 237 g/mol. The second kappa shape index (κ2) is 5.72. The van der Waals surface area contributed by atoms with Crippen LogP contribution in [-0.4, -0.2) is 25.8 Å². The topological polar surface area (TPSA) is 44.8 Å². The van der Waals surface area contributed by atoms with Crippen molar-refractivity contribution in [2.75, 3.05) is 19.6 Å². The standard InChI is InChI=1S/C8H9ClO4S/c1-11-8(10)13-7-3-2-6(14-7)12-5-4-9/h2-3H,4-5H2,1H3. The van der Waals surface area contributed by atoms with Crippen LogP contribution in [0.4, 0.5) is 4.79 Å². The van der Waals surface area contributed by atoms with E-state index in [1.54, 1.807) is 12.1 Å². The fourth-order valence-corrected chi connectivity index (χ4v) is 1.50. The summed E-state index contributed by atoms with van der Waals surface area (Å²) < 4.78 is 14.3. The molecule has 0 bridgehead atoms. The highest BCUT2D eigenvalue weighted by Gasteiger charge is 2.07. The molecule has 14 heavy (non-hydrogen) atoms. The van der Waals surface area contributed by atoms with Crippen LogP contribution < -0.4 is 9.47 Å². The largest absolute Gasteiger partial charge is 0.514 e. The third-order valence-electron chi connectivity index (χ3n) is 1.23. The van der Waals surface area contributed by atoms with Crippen LogP contribution >= 0.6 is 22.9 Å². The summed E-state index contributed by atoms with van der Waals surface area (Å²) in [5, 5.41) is 1.09. The minimum atomic E-state index is -0.740. The van der Waals surface area contributed by atoms with Gasteiger partial charge in [-0.1, -0.05) is 11.3 Å². The molecule has 0 amide bonds. The molecule has 0 radical (unpaired) electrons. The summed E-state index contributed by atoms with van der Waals surface area (Å²) in [6, 6.07) is 3.33. The number of rotatable bonds is 4. The molecule has 0 saturated carbocycles. The average Bonchev–Trinajstić information content (AvgIpc) is 2.62. The molecule has 0 saturated heterocycles. The van der Waals surface area contributed by atoms with Crippen LogP contribution in [0.1, 0.15) is 0 Å². The minimum Gasteiger partial charge on any atom is -0.483 e. The zero-order valence-corrected chi connectivity index (χ0v) is 9.06. The zero-order valence-electron chi connectivity index (χ0n) is 7.49. The molecule has 0 N–H and O–H groups in total. The number of methoxy groups -OCH3 is 1. The smallest absolute Gasteiger partial charge is 0.483 e.